The van der Waals surface area contributed by atoms with Crippen LogP contribution in [0.1, 0.15) is 25.3 Å². The van der Waals surface area contributed by atoms with E-state index in [4.69, 9.17) is 4.74 Å². The zero-order valence-electron chi connectivity index (χ0n) is 9.07. The van der Waals surface area contributed by atoms with Crippen LogP contribution in [-0.4, -0.2) is 6.10 Å². The zero-order valence-corrected chi connectivity index (χ0v) is 9.07. The molecule has 1 atom stereocenters. The summed E-state index contributed by atoms with van der Waals surface area (Å²) in [7, 11) is 0. The Morgan fingerprint density at radius 3 is 2.73 bits per heavy atom. The lowest BCUT2D eigenvalue weighted by atomic mass is 10.0. The van der Waals surface area contributed by atoms with Gasteiger partial charge < -0.3 is 4.74 Å². The summed E-state index contributed by atoms with van der Waals surface area (Å²) in [5.41, 5.74) is 2.13. The van der Waals surface area contributed by atoms with Gasteiger partial charge in [0.15, 0.2) is 0 Å². The third-order valence-corrected chi connectivity index (χ3v) is 2.65. The Hall–Kier alpha value is -1.50. The van der Waals surface area contributed by atoms with Gasteiger partial charge in [-0.15, -0.1) is 0 Å². The summed E-state index contributed by atoms with van der Waals surface area (Å²) < 4.78 is 5.76. The van der Waals surface area contributed by atoms with Gasteiger partial charge >= 0.3 is 0 Å². The minimum Gasteiger partial charge on any atom is -0.490 e. The maximum atomic E-state index is 5.76. The third-order valence-electron chi connectivity index (χ3n) is 2.65. The fourth-order valence-electron chi connectivity index (χ4n) is 1.75. The predicted octanol–water partition coefficient (Wildman–Crippen LogP) is 3.78. The first-order valence-electron chi connectivity index (χ1n) is 5.39. The molecule has 0 radical (unpaired) electrons. The van der Waals surface area contributed by atoms with Gasteiger partial charge in [-0.1, -0.05) is 36.9 Å². The predicted molar refractivity (Wildman–Crippen MR) is 63.3 cm³/mol. The van der Waals surface area contributed by atoms with Gasteiger partial charge in [0.25, 0.3) is 0 Å². The van der Waals surface area contributed by atoms with E-state index >= 15 is 0 Å². The van der Waals surface area contributed by atoms with Crippen LogP contribution in [0.25, 0.3) is 5.57 Å². The molecule has 1 nitrogen and oxygen atoms in total. The van der Waals surface area contributed by atoms with Crippen molar-refractivity contribution in [2.24, 2.45) is 0 Å². The molecule has 0 saturated carbocycles. The van der Waals surface area contributed by atoms with Crippen LogP contribution in [-0.2, 0) is 4.74 Å². The Kier molecular flexibility index (Phi) is 2.91. The second kappa shape index (κ2) is 4.35. The lowest BCUT2D eigenvalue weighted by molar-refractivity contribution is 0.123. The van der Waals surface area contributed by atoms with Crippen molar-refractivity contribution in [1.82, 2.24) is 0 Å². The smallest absolute Gasteiger partial charge is 0.122 e. The number of ether oxygens (including phenoxy) is 1. The molecule has 1 aliphatic rings. The van der Waals surface area contributed by atoms with E-state index in [0.717, 1.165) is 29.7 Å². The van der Waals surface area contributed by atoms with Crippen LogP contribution < -0.4 is 0 Å². The molecule has 0 N–H and O–H groups in total. The Morgan fingerprint density at radius 1 is 1.33 bits per heavy atom. The molecule has 0 aromatic heterocycles. The Balaban J connectivity index is 2.18. The minimum absolute atomic E-state index is 0.311. The van der Waals surface area contributed by atoms with E-state index in [1.807, 2.05) is 18.2 Å². The molecule has 15 heavy (non-hydrogen) atoms. The van der Waals surface area contributed by atoms with E-state index in [1.54, 1.807) is 0 Å². The highest BCUT2D eigenvalue weighted by atomic mass is 16.5. The van der Waals surface area contributed by atoms with Crippen molar-refractivity contribution in [1.29, 1.82) is 0 Å². The molecule has 2 rings (SSSR count). The normalized spacial score (nSPS) is 20.3. The standard InChI is InChI=1S/C14H16O/c1-11-7-6-10-14(15-11)12(2)13-8-4-3-5-9-13/h3-5,8-11H,2,6-7H2,1H3. The first kappa shape index (κ1) is 10.0. The van der Waals surface area contributed by atoms with Gasteiger partial charge in [-0.25, -0.2) is 0 Å². The molecule has 0 amide bonds. The van der Waals surface area contributed by atoms with Crippen LogP contribution in [0.4, 0.5) is 0 Å². The van der Waals surface area contributed by atoms with E-state index < -0.39 is 0 Å². The molecule has 0 fully saturated rings. The van der Waals surface area contributed by atoms with Crippen molar-refractivity contribution in [2.75, 3.05) is 0 Å². The van der Waals surface area contributed by atoms with Crippen molar-refractivity contribution >= 4 is 5.57 Å². The van der Waals surface area contributed by atoms with E-state index in [0.29, 0.717) is 6.10 Å². The molecule has 1 aromatic carbocycles. The highest BCUT2D eigenvalue weighted by molar-refractivity contribution is 5.75. The lowest BCUT2D eigenvalue weighted by Gasteiger charge is -2.22. The maximum absolute atomic E-state index is 5.76. The molecule has 0 spiro atoms. The summed E-state index contributed by atoms with van der Waals surface area (Å²) in [4.78, 5) is 0. The van der Waals surface area contributed by atoms with Crippen LogP contribution >= 0.6 is 0 Å². The number of benzene rings is 1. The summed E-state index contributed by atoms with van der Waals surface area (Å²) in [6, 6.07) is 10.2. The Morgan fingerprint density at radius 2 is 2.07 bits per heavy atom. The fourth-order valence-corrected chi connectivity index (χ4v) is 1.75. The Bertz CT molecular complexity index is 376. The van der Waals surface area contributed by atoms with Crippen LogP contribution in [0.15, 0.2) is 48.7 Å². The molecule has 1 aromatic rings. The summed E-state index contributed by atoms with van der Waals surface area (Å²) in [6.45, 7) is 6.19. The topological polar surface area (TPSA) is 9.23 Å². The van der Waals surface area contributed by atoms with Crippen molar-refractivity contribution in [3.05, 3.63) is 54.3 Å². The second-order valence-electron chi connectivity index (χ2n) is 3.92. The van der Waals surface area contributed by atoms with Gasteiger partial charge in [-0.3, -0.25) is 0 Å². The summed E-state index contributed by atoms with van der Waals surface area (Å²) >= 11 is 0. The molecule has 0 bridgehead atoms. The van der Waals surface area contributed by atoms with E-state index in [-0.39, 0.29) is 0 Å². The highest BCUT2D eigenvalue weighted by Gasteiger charge is 2.14. The van der Waals surface area contributed by atoms with Crippen LogP contribution in [0.2, 0.25) is 0 Å². The molecule has 0 saturated heterocycles. The van der Waals surface area contributed by atoms with Gasteiger partial charge in [-0.05, 0) is 31.4 Å². The quantitative estimate of drug-likeness (QED) is 0.706. The SMILES string of the molecule is C=C(C1=CCCC(C)O1)c1ccccc1. The van der Waals surface area contributed by atoms with Crippen molar-refractivity contribution in [2.45, 2.75) is 25.9 Å². The zero-order chi connectivity index (χ0) is 10.7. The maximum Gasteiger partial charge on any atom is 0.122 e. The molecule has 78 valence electrons. The molecule has 1 heteroatoms. The summed E-state index contributed by atoms with van der Waals surface area (Å²) in [5.74, 6) is 0.944. The average molecular weight is 200 g/mol. The molecule has 1 heterocycles. The van der Waals surface area contributed by atoms with Crippen molar-refractivity contribution in [3.63, 3.8) is 0 Å². The largest absolute Gasteiger partial charge is 0.490 e. The monoisotopic (exact) mass is 200 g/mol. The number of hydrogen-bond acceptors (Lipinski definition) is 1. The minimum atomic E-state index is 0.311. The van der Waals surface area contributed by atoms with Crippen LogP contribution in [0, 0.1) is 0 Å². The number of rotatable bonds is 2. The van der Waals surface area contributed by atoms with Gasteiger partial charge in [-0.2, -0.15) is 0 Å². The van der Waals surface area contributed by atoms with Gasteiger partial charge in [0.2, 0.25) is 0 Å². The van der Waals surface area contributed by atoms with Gasteiger partial charge in [0, 0.05) is 5.57 Å². The number of hydrogen-bond donors (Lipinski definition) is 0. The van der Waals surface area contributed by atoms with Crippen LogP contribution in [0.3, 0.4) is 0 Å². The molecule has 0 aliphatic carbocycles. The lowest BCUT2D eigenvalue weighted by Crippen LogP contribution is -2.12. The summed E-state index contributed by atoms with van der Waals surface area (Å²) in [6.07, 6.45) is 4.63. The van der Waals surface area contributed by atoms with E-state index in [9.17, 15) is 0 Å². The molecule has 1 aliphatic heterocycles. The highest BCUT2D eigenvalue weighted by Crippen LogP contribution is 2.27. The third kappa shape index (κ3) is 2.30. The average Bonchev–Trinajstić information content (AvgIpc) is 2.29. The van der Waals surface area contributed by atoms with Gasteiger partial charge in [0.05, 0.1) is 6.10 Å². The first-order chi connectivity index (χ1) is 7.27. The molecular weight excluding hydrogens is 184 g/mol. The number of allylic oxidation sites excluding steroid dienone is 2. The fraction of sp³-hybridized carbons (Fsp3) is 0.286. The first-order valence-corrected chi connectivity index (χ1v) is 5.39. The second-order valence-corrected chi connectivity index (χ2v) is 3.92. The molecular formula is C14H16O. The Labute approximate surface area is 91.1 Å². The van der Waals surface area contributed by atoms with Crippen LogP contribution in [0.5, 0.6) is 0 Å². The van der Waals surface area contributed by atoms with Crippen molar-refractivity contribution in [3.8, 4) is 0 Å². The van der Waals surface area contributed by atoms with Crippen molar-refractivity contribution < 1.29 is 4.74 Å². The van der Waals surface area contributed by atoms with E-state index in [1.165, 1.54) is 0 Å². The van der Waals surface area contributed by atoms with E-state index in [2.05, 4.69) is 31.7 Å². The molecule has 1 unspecified atom stereocenters. The van der Waals surface area contributed by atoms with Gasteiger partial charge in [0.1, 0.15) is 5.76 Å². The summed E-state index contributed by atoms with van der Waals surface area (Å²) in [5, 5.41) is 0.